The van der Waals surface area contributed by atoms with Gasteiger partial charge in [-0.1, -0.05) is 0 Å². The molecular formula is C4H4O. The van der Waals surface area contributed by atoms with Crippen molar-refractivity contribution in [3.63, 3.8) is 0 Å². The Balaban J connectivity index is 2.36. The first-order valence-corrected chi connectivity index (χ1v) is 1.81. The van der Waals surface area contributed by atoms with Crippen LogP contribution in [0.5, 0.6) is 0 Å². The van der Waals surface area contributed by atoms with Crippen LogP contribution in [0.2, 0.25) is 0 Å². The van der Waals surface area contributed by atoms with Crippen LogP contribution in [-0.2, 0) is 4.74 Å². The summed E-state index contributed by atoms with van der Waals surface area (Å²) in [5, 5.41) is 0. The van der Waals surface area contributed by atoms with Gasteiger partial charge in [0, 0.05) is 0 Å². The van der Waals surface area contributed by atoms with E-state index in [2.05, 4.69) is 6.08 Å². The van der Waals surface area contributed by atoms with E-state index in [0.29, 0.717) is 0 Å². The summed E-state index contributed by atoms with van der Waals surface area (Å²) in [6.07, 6.45) is 2.14. The maximum atomic E-state index is 4.87. The lowest BCUT2D eigenvalue weighted by atomic mass is 10.3. The van der Waals surface area contributed by atoms with Crippen LogP contribution in [0.4, 0.5) is 0 Å². The van der Waals surface area contributed by atoms with Crippen LogP contribution in [0, 0.1) is 5.92 Å². The van der Waals surface area contributed by atoms with E-state index >= 15 is 0 Å². The topological polar surface area (TPSA) is 9.23 Å². The number of hydrogen-bond donors (Lipinski definition) is 0. The minimum atomic E-state index is 0.801. The maximum Gasteiger partial charge on any atom is 0.103 e. The third-order valence-electron chi connectivity index (χ3n) is 1.05. The zero-order chi connectivity index (χ0) is 3.28. The summed E-state index contributed by atoms with van der Waals surface area (Å²) in [5.41, 5.74) is 0. The van der Waals surface area contributed by atoms with Crippen LogP contribution in [0.15, 0.2) is 11.8 Å². The van der Waals surface area contributed by atoms with Crippen molar-refractivity contribution in [2.75, 3.05) is 6.61 Å². The summed E-state index contributed by atoms with van der Waals surface area (Å²) in [7, 11) is 0. The zero-order valence-electron chi connectivity index (χ0n) is 2.77. The van der Waals surface area contributed by atoms with E-state index in [4.69, 9.17) is 4.74 Å². The lowest BCUT2D eigenvalue weighted by molar-refractivity contribution is 0.126. The summed E-state index contributed by atoms with van der Waals surface area (Å²) in [6.45, 7) is 0.968. The van der Waals surface area contributed by atoms with Gasteiger partial charge in [-0.25, -0.2) is 0 Å². The average Bonchev–Trinajstić information content (AvgIpc) is 1.74. The van der Waals surface area contributed by atoms with E-state index in [1.807, 2.05) is 0 Å². The number of hydrogen-bond acceptors (Lipinski definition) is 1. The van der Waals surface area contributed by atoms with Gasteiger partial charge in [0.2, 0.25) is 0 Å². The fourth-order valence-corrected chi connectivity index (χ4v) is 0.522. The molecule has 0 saturated carbocycles. The van der Waals surface area contributed by atoms with Crippen molar-refractivity contribution in [1.82, 2.24) is 0 Å². The Bertz CT molecular complexity index is 93.8. The smallest absolute Gasteiger partial charge is 0.103 e. The Morgan fingerprint density at radius 3 is 2.80 bits per heavy atom. The van der Waals surface area contributed by atoms with Crippen molar-refractivity contribution in [2.24, 2.45) is 5.92 Å². The maximum absolute atomic E-state index is 4.87. The molecule has 0 radical (unpaired) electrons. The van der Waals surface area contributed by atoms with Crippen LogP contribution in [-0.4, -0.2) is 6.61 Å². The molecule has 0 bridgehead atoms. The number of fused-ring (bicyclic) bond motifs is 1. The van der Waals surface area contributed by atoms with E-state index in [1.165, 1.54) is 5.76 Å². The van der Waals surface area contributed by atoms with Crippen molar-refractivity contribution in [2.45, 2.75) is 0 Å². The highest BCUT2D eigenvalue weighted by Crippen LogP contribution is 2.39. The second kappa shape index (κ2) is 0.313. The Morgan fingerprint density at radius 1 is 2.00 bits per heavy atom. The van der Waals surface area contributed by atoms with Crippen LogP contribution >= 0.6 is 0 Å². The molecule has 0 N–H and O–H groups in total. The van der Waals surface area contributed by atoms with Crippen LogP contribution in [0.25, 0.3) is 0 Å². The third kappa shape index (κ3) is 0.0756. The molecule has 1 atom stereocenters. The molecule has 2 rings (SSSR count). The second-order valence-corrected chi connectivity index (χ2v) is 1.49. The molecule has 1 fully saturated rings. The summed E-state index contributed by atoms with van der Waals surface area (Å²) >= 11 is 0. The zero-order valence-corrected chi connectivity index (χ0v) is 2.77. The molecule has 1 aliphatic heterocycles. The molecular weight excluding hydrogens is 64.0 g/mol. The monoisotopic (exact) mass is 68.0 g/mol. The van der Waals surface area contributed by atoms with Gasteiger partial charge in [0.25, 0.3) is 0 Å². The van der Waals surface area contributed by atoms with Crippen molar-refractivity contribution in [1.29, 1.82) is 0 Å². The largest absolute Gasteiger partial charge is 0.496 e. The Hall–Kier alpha value is -0.460. The molecule has 0 aromatic carbocycles. The Labute approximate surface area is 30.2 Å². The molecule has 0 spiro atoms. The molecule has 1 aliphatic carbocycles. The molecule has 1 nitrogen and oxygen atoms in total. The van der Waals surface area contributed by atoms with Gasteiger partial charge in [0.05, 0.1) is 5.92 Å². The third-order valence-corrected chi connectivity index (χ3v) is 1.05. The van der Waals surface area contributed by atoms with Gasteiger partial charge in [0.15, 0.2) is 0 Å². The van der Waals surface area contributed by atoms with E-state index in [9.17, 15) is 0 Å². The fourth-order valence-electron chi connectivity index (χ4n) is 0.522. The van der Waals surface area contributed by atoms with E-state index < -0.39 is 0 Å². The fraction of sp³-hybridized carbons (Fsp3) is 0.500. The van der Waals surface area contributed by atoms with Gasteiger partial charge in [-0.2, -0.15) is 0 Å². The molecule has 1 unspecified atom stereocenters. The highest BCUT2D eigenvalue weighted by molar-refractivity contribution is 5.28. The SMILES string of the molecule is C1=C2OCC12. The summed E-state index contributed by atoms with van der Waals surface area (Å²) in [6, 6.07) is 0. The Kier molecular flexibility index (Phi) is 0.116. The highest BCUT2D eigenvalue weighted by atomic mass is 16.5. The summed E-state index contributed by atoms with van der Waals surface area (Å²) < 4.78 is 4.87. The summed E-state index contributed by atoms with van der Waals surface area (Å²) in [4.78, 5) is 0. The minimum Gasteiger partial charge on any atom is -0.496 e. The van der Waals surface area contributed by atoms with Crippen LogP contribution < -0.4 is 0 Å². The molecule has 0 aromatic rings. The molecule has 0 amide bonds. The van der Waals surface area contributed by atoms with Crippen molar-refractivity contribution >= 4 is 0 Å². The molecule has 0 aromatic heterocycles. The number of ether oxygens (including phenoxy) is 1. The lowest BCUT2D eigenvalue weighted by Crippen LogP contribution is -2.05. The van der Waals surface area contributed by atoms with E-state index in [1.54, 1.807) is 0 Å². The van der Waals surface area contributed by atoms with Gasteiger partial charge < -0.3 is 4.74 Å². The molecule has 26 valence electrons. The van der Waals surface area contributed by atoms with Gasteiger partial charge in [-0.3, -0.25) is 0 Å². The molecule has 2 aliphatic rings. The van der Waals surface area contributed by atoms with Gasteiger partial charge >= 0.3 is 0 Å². The molecule has 1 saturated heterocycles. The van der Waals surface area contributed by atoms with E-state index in [-0.39, 0.29) is 0 Å². The first-order chi connectivity index (χ1) is 2.47. The predicted molar refractivity (Wildman–Crippen MR) is 17.5 cm³/mol. The van der Waals surface area contributed by atoms with Crippen molar-refractivity contribution in [3.8, 4) is 0 Å². The van der Waals surface area contributed by atoms with Crippen molar-refractivity contribution in [3.05, 3.63) is 11.8 Å². The normalized spacial score (nSPS) is 40.0. The van der Waals surface area contributed by atoms with E-state index in [0.717, 1.165) is 12.5 Å². The first kappa shape index (κ1) is 1.85. The van der Waals surface area contributed by atoms with Crippen molar-refractivity contribution < 1.29 is 4.74 Å². The van der Waals surface area contributed by atoms with Crippen LogP contribution in [0.1, 0.15) is 0 Å². The average molecular weight is 68.1 g/mol. The molecule has 1 heterocycles. The second-order valence-electron chi connectivity index (χ2n) is 1.49. The highest BCUT2D eigenvalue weighted by Gasteiger charge is 2.36. The molecule has 5 heavy (non-hydrogen) atoms. The number of rotatable bonds is 0. The first-order valence-electron chi connectivity index (χ1n) is 1.81. The standard InChI is InChI=1S/C4H4O/c1-3-2-5-4(1)3/h1,3H,2H2. The quantitative estimate of drug-likeness (QED) is 0.402. The van der Waals surface area contributed by atoms with Crippen LogP contribution in [0.3, 0.4) is 0 Å². The van der Waals surface area contributed by atoms with Gasteiger partial charge in [-0.05, 0) is 6.08 Å². The summed E-state index contributed by atoms with van der Waals surface area (Å²) in [5.74, 6) is 2.03. The van der Waals surface area contributed by atoms with Gasteiger partial charge in [-0.15, -0.1) is 0 Å². The Morgan fingerprint density at radius 2 is 2.80 bits per heavy atom. The predicted octanol–water partition coefficient (Wildman–Crippen LogP) is 0.530. The molecule has 1 heteroatoms. The lowest BCUT2D eigenvalue weighted by Gasteiger charge is -2.09. The minimum absolute atomic E-state index is 0.801. The van der Waals surface area contributed by atoms with Gasteiger partial charge in [0.1, 0.15) is 12.4 Å².